The highest BCUT2D eigenvalue weighted by atomic mass is 16.2. The van der Waals surface area contributed by atoms with E-state index in [-0.39, 0.29) is 44.0 Å². The summed E-state index contributed by atoms with van der Waals surface area (Å²) in [6, 6.07) is -3.99. The molecule has 0 heterocycles. The van der Waals surface area contributed by atoms with Crippen molar-refractivity contribution in [2.24, 2.45) is 22.9 Å². The van der Waals surface area contributed by atoms with Gasteiger partial charge in [-0.25, -0.2) is 0 Å². The van der Waals surface area contributed by atoms with Gasteiger partial charge in [0.1, 0.15) is 24.2 Å². The molecule has 0 saturated carbocycles. The molecule has 15 nitrogen and oxygen atoms in total. The monoisotopic (exact) mass is 866 g/mol. The summed E-state index contributed by atoms with van der Waals surface area (Å²) < 4.78 is 0. The first-order chi connectivity index (χ1) is 29.5. The van der Waals surface area contributed by atoms with E-state index < -0.39 is 47.8 Å². The van der Waals surface area contributed by atoms with E-state index in [1.165, 1.54) is 70.6 Å². The van der Waals surface area contributed by atoms with E-state index in [4.69, 9.17) is 22.9 Å². The molecule has 0 aromatic carbocycles. The minimum absolute atomic E-state index is 0.0981. The van der Waals surface area contributed by atoms with Crippen LogP contribution in [0.25, 0.3) is 0 Å². The molecule has 0 rings (SSSR count). The van der Waals surface area contributed by atoms with Crippen molar-refractivity contribution in [1.29, 1.82) is 0 Å². The maximum Gasteiger partial charge on any atom is 0.243 e. The molecule has 4 atom stereocenters. The fourth-order valence-corrected chi connectivity index (χ4v) is 7.29. The Morgan fingerprint density at radius 3 is 1.08 bits per heavy atom. The second-order valence-corrected chi connectivity index (χ2v) is 16.9. The number of unbranched alkanes of at least 4 members (excludes halogenated alkanes) is 19. The van der Waals surface area contributed by atoms with Gasteiger partial charge < -0.3 is 49.5 Å². The van der Waals surface area contributed by atoms with Gasteiger partial charge in [0.25, 0.3) is 0 Å². The fraction of sp³-hybridized carbons (Fsp3) is 0.870. The fourth-order valence-electron chi connectivity index (χ4n) is 7.29. The molecule has 0 bridgehead atoms. The van der Waals surface area contributed by atoms with E-state index in [1.54, 1.807) is 0 Å². The van der Waals surface area contributed by atoms with Crippen LogP contribution in [0.4, 0.5) is 0 Å². The number of nitrogens with one attached hydrogen (secondary N) is 5. The lowest BCUT2D eigenvalue weighted by molar-refractivity contribution is -0.134. The third-order valence-corrected chi connectivity index (χ3v) is 11.2. The van der Waals surface area contributed by atoms with Crippen molar-refractivity contribution in [3.05, 3.63) is 0 Å². The molecular formula is C46H91N9O6. The average molecular weight is 866 g/mol. The number of nitrogens with two attached hydrogens (primary N) is 4. The molecule has 356 valence electrons. The van der Waals surface area contributed by atoms with Gasteiger partial charge in [-0.15, -0.1) is 0 Å². The molecule has 1 unspecified atom stereocenters. The van der Waals surface area contributed by atoms with E-state index in [2.05, 4.69) is 40.4 Å². The SMILES string of the molecule is CCCCCCCCCCCC(=O)NCCC(NC(=O)CCCCCCCCCCC)C(=O)N[C@@H](CCCCN)C(=O)N[C@@H](CCCCN)C(=O)N[C@@H](CCCCN)C(N)=O. The summed E-state index contributed by atoms with van der Waals surface area (Å²) in [6.45, 7) is 5.81. The third-order valence-electron chi connectivity index (χ3n) is 11.2. The Bertz CT molecular complexity index is 1160. The molecule has 0 fully saturated rings. The molecule has 61 heavy (non-hydrogen) atoms. The Labute approximate surface area is 369 Å². The third kappa shape index (κ3) is 33.0. The molecule has 0 spiro atoms. The number of carbonyl (C=O) groups is 6. The van der Waals surface area contributed by atoms with Crippen molar-refractivity contribution in [3.63, 3.8) is 0 Å². The number of hydrogen-bond acceptors (Lipinski definition) is 9. The molecule has 0 aliphatic carbocycles. The standard InChI is InChI=1S/C46H91N9O6/c1-3-5-7-9-11-13-15-17-19-30-41(56)51-36-32-40(52-42(57)31-20-18-16-14-12-10-8-6-4-2)46(61)55-39(29-23-26-35-49)45(60)54-38(28-22-25-34-48)44(59)53-37(43(50)58)27-21-24-33-47/h37-40H,3-36,47-49H2,1-2H3,(H2,50,58)(H,51,56)(H,52,57)(H,53,59)(H,54,60)(H,55,61)/t37-,38-,39-,40?/m0/s1. The first-order valence-corrected chi connectivity index (χ1v) is 24.4. The van der Waals surface area contributed by atoms with Gasteiger partial charge in [-0.2, -0.15) is 0 Å². The number of rotatable bonds is 43. The van der Waals surface area contributed by atoms with Gasteiger partial charge in [0, 0.05) is 19.4 Å². The normalized spacial score (nSPS) is 13.1. The molecule has 6 amide bonds. The van der Waals surface area contributed by atoms with Gasteiger partial charge in [0.05, 0.1) is 0 Å². The highest BCUT2D eigenvalue weighted by Crippen LogP contribution is 2.13. The predicted molar refractivity (Wildman–Crippen MR) is 247 cm³/mol. The number of primary amides is 1. The van der Waals surface area contributed by atoms with Crippen LogP contribution in [-0.4, -0.2) is 85.8 Å². The summed E-state index contributed by atoms with van der Waals surface area (Å²) in [4.78, 5) is 79.5. The van der Waals surface area contributed by atoms with Crippen LogP contribution in [0.1, 0.15) is 206 Å². The largest absolute Gasteiger partial charge is 0.368 e. The highest BCUT2D eigenvalue weighted by Gasteiger charge is 2.31. The topological polar surface area (TPSA) is 267 Å². The molecule has 0 aliphatic heterocycles. The molecule has 0 aromatic rings. The summed E-state index contributed by atoms with van der Waals surface area (Å²) in [5.41, 5.74) is 22.7. The Kier molecular flexibility index (Phi) is 38.5. The van der Waals surface area contributed by atoms with E-state index in [0.29, 0.717) is 77.4 Å². The van der Waals surface area contributed by atoms with Gasteiger partial charge in [0.2, 0.25) is 35.4 Å². The summed E-state index contributed by atoms with van der Waals surface area (Å²) in [5.74, 6) is -2.74. The quantitative estimate of drug-likeness (QED) is 0.0367. The maximum atomic E-state index is 14.0. The van der Waals surface area contributed by atoms with Gasteiger partial charge in [-0.3, -0.25) is 28.8 Å². The van der Waals surface area contributed by atoms with E-state index in [1.807, 2.05) is 0 Å². The van der Waals surface area contributed by atoms with Gasteiger partial charge in [-0.1, -0.05) is 117 Å². The van der Waals surface area contributed by atoms with E-state index >= 15 is 0 Å². The first-order valence-electron chi connectivity index (χ1n) is 24.4. The lowest BCUT2D eigenvalue weighted by atomic mass is 10.0. The molecular weight excluding hydrogens is 775 g/mol. The zero-order valence-corrected chi connectivity index (χ0v) is 38.6. The van der Waals surface area contributed by atoms with Crippen LogP contribution in [0.15, 0.2) is 0 Å². The number of carbonyl (C=O) groups excluding carboxylic acids is 6. The van der Waals surface area contributed by atoms with Crippen molar-refractivity contribution in [2.45, 2.75) is 231 Å². The molecule has 13 N–H and O–H groups in total. The van der Waals surface area contributed by atoms with Crippen LogP contribution in [0.5, 0.6) is 0 Å². The maximum absolute atomic E-state index is 14.0. The van der Waals surface area contributed by atoms with Crippen molar-refractivity contribution in [3.8, 4) is 0 Å². The molecule has 0 saturated heterocycles. The van der Waals surface area contributed by atoms with Crippen molar-refractivity contribution in [1.82, 2.24) is 26.6 Å². The van der Waals surface area contributed by atoms with Crippen LogP contribution in [0.3, 0.4) is 0 Å². The zero-order valence-electron chi connectivity index (χ0n) is 38.6. The minimum atomic E-state index is -1.04. The average Bonchev–Trinajstić information content (AvgIpc) is 3.23. The summed E-state index contributed by atoms with van der Waals surface area (Å²) in [6.07, 6.45) is 25.5. The Morgan fingerprint density at radius 1 is 0.377 bits per heavy atom. The van der Waals surface area contributed by atoms with Crippen molar-refractivity contribution < 1.29 is 28.8 Å². The second kappa shape index (κ2) is 40.8. The van der Waals surface area contributed by atoms with Crippen molar-refractivity contribution >= 4 is 35.4 Å². The van der Waals surface area contributed by atoms with Crippen LogP contribution >= 0.6 is 0 Å². The molecule has 0 aliphatic rings. The predicted octanol–water partition coefficient (Wildman–Crippen LogP) is 5.15. The summed E-state index contributed by atoms with van der Waals surface area (Å²) in [5, 5.41) is 14.1. The van der Waals surface area contributed by atoms with Crippen LogP contribution in [0.2, 0.25) is 0 Å². The van der Waals surface area contributed by atoms with Crippen LogP contribution in [0, 0.1) is 0 Å². The van der Waals surface area contributed by atoms with Crippen LogP contribution in [-0.2, 0) is 28.8 Å². The lowest BCUT2D eigenvalue weighted by Crippen LogP contribution is -2.58. The highest BCUT2D eigenvalue weighted by molar-refractivity contribution is 5.95. The van der Waals surface area contributed by atoms with Gasteiger partial charge >= 0.3 is 0 Å². The molecule has 15 heteroatoms. The first kappa shape index (κ1) is 57.7. The van der Waals surface area contributed by atoms with E-state index in [9.17, 15) is 28.8 Å². The number of hydrogen-bond donors (Lipinski definition) is 9. The lowest BCUT2D eigenvalue weighted by Gasteiger charge is -2.26. The van der Waals surface area contributed by atoms with Gasteiger partial charge in [0.15, 0.2) is 0 Å². The minimum Gasteiger partial charge on any atom is -0.368 e. The number of amides is 6. The van der Waals surface area contributed by atoms with Gasteiger partial charge in [-0.05, 0) is 96.7 Å². The Hall–Kier alpha value is -3.30. The van der Waals surface area contributed by atoms with Crippen LogP contribution < -0.4 is 49.5 Å². The smallest absolute Gasteiger partial charge is 0.243 e. The van der Waals surface area contributed by atoms with E-state index in [0.717, 1.165) is 38.5 Å². The summed E-state index contributed by atoms with van der Waals surface area (Å²) in [7, 11) is 0. The Balaban J connectivity index is 5.76. The second-order valence-electron chi connectivity index (χ2n) is 16.9. The molecule has 0 aromatic heterocycles. The molecule has 0 radical (unpaired) electrons. The Morgan fingerprint density at radius 2 is 0.705 bits per heavy atom. The summed E-state index contributed by atoms with van der Waals surface area (Å²) >= 11 is 0. The van der Waals surface area contributed by atoms with Crippen molar-refractivity contribution in [2.75, 3.05) is 26.2 Å². The zero-order chi connectivity index (χ0) is 45.4.